The quantitative estimate of drug-likeness (QED) is 0.139. The van der Waals surface area contributed by atoms with Gasteiger partial charge in [-0.1, -0.05) is 69.5 Å². The Hall–Kier alpha value is -5.65. The maximum atomic E-state index is 13.9. The molecule has 552 valence electrons. The van der Waals surface area contributed by atoms with Gasteiger partial charge >= 0.3 is 0 Å². The summed E-state index contributed by atoms with van der Waals surface area (Å²) in [5.41, 5.74) is 4.12. The highest BCUT2D eigenvalue weighted by molar-refractivity contribution is 7.99. The third kappa shape index (κ3) is 15.7. The molecule has 6 heterocycles. The predicted octanol–water partition coefficient (Wildman–Crippen LogP) is 11.1. The molecule has 4 aliphatic carbocycles. The first-order valence-electron chi connectivity index (χ1n) is 36.8. The fourth-order valence-electron chi connectivity index (χ4n) is 18.4. The molecule has 6 aliphatic heterocycles. The van der Waals surface area contributed by atoms with Crippen LogP contribution in [0, 0.1) is 35.5 Å². The van der Waals surface area contributed by atoms with E-state index in [1.54, 1.807) is 36.1 Å². The Balaban J connectivity index is 0.000000189. The predicted molar refractivity (Wildman–Crippen MR) is 398 cm³/mol. The molecule has 14 rings (SSSR count). The van der Waals surface area contributed by atoms with Gasteiger partial charge in [0.15, 0.2) is 0 Å². The number of carbonyl (C=O) groups is 4. The lowest BCUT2D eigenvalue weighted by atomic mass is 9.61. The SMILES string of the molecule is C.C=S1(=O)NC(=O)c2ccc3c(c2)N(C[C@@H]2CC[C@H]2[C@@](O)(CC(=O)N2CCOCC2)CCC[C@H](C)[C@H]1C)C[C@@]1(CCCc2cc(Cl)ccc21)CO3.C[C@@H]1[C@@H](C)CCC[C@@](O)(CC(=O)N2CCOCC2)[C@@H]2CC[C@H]2CN2C[C@@]3(CCCc4cc(Cl)ccc43)COc3ccc(cc32)C(=O)NS1(=O)=O. The molecule has 2 saturated carbocycles. The van der Waals surface area contributed by atoms with Gasteiger partial charge in [0.2, 0.25) is 21.8 Å². The molecule has 1 unspecified atom stereocenters. The van der Waals surface area contributed by atoms with Gasteiger partial charge in [0.05, 0.1) is 90.0 Å². The number of nitrogens with one attached hydrogen (secondary N) is 2. The molecule has 4 fully saturated rings. The first kappa shape index (κ1) is 75.0. The topological polar surface area (TPSA) is 234 Å². The van der Waals surface area contributed by atoms with Crippen LogP contribution in [0.5, 0.6) is 11.5 Å². The van der Waals surface area contributed by atoms with Crippen molar-refractivity contribution < 1.29 is 61.0 Å². The number of halogens is 2. The first-order valence-corrected chi connectivity index (χ1v) is 40.9. The molecule has 10 aliphatic rings. The lowest BCUT2D eigenvalue weighted by molar-refractivity contribution is -0.150. The van der Waals surface area contributed by atoms with Gasteiger partial charge in [-0.25, -0.2) is 17.3 Å². The number of hydrogen-bond donors (Lipinski definition) is 4. The number of amides is 4. The van der Waals surface area contributed by atoms with Crippen molar-refractivity contribution in [2.24, 2.45) is 35.5 Å². The smallest absolute Gasteiger partial charge is 0.264 e. The maximum Gasteiger partial charge on any atom is 0.264 e. The van der Waals surface area contributed by atoms with Crippen LogP contribution in [0.25, 0.3) is 0 Å². The molecule has 4 N–H and O–H groups in total. The van der Waals surface area contributed by atoms with Crippen molar-refractivity contribution in [1.29, 1.82) is 0 Å². The Morgan fingerprint density at radius 2 is 0.990 bits per heavy atom. The molecule has 4 amide bonds. The average Bonchev–Trinajstić information content (AvgIpc) is 1.75. The molecule has 4 bridgehead atoms. The molecular weight excluding hydrogens is 1360 g/mol. The van der Waals surface area contributed by atoms with Gasteiger partial charge in [0.25, 0.3) is 11.8 Å². The molecule has 4 aromatic rings. The number of aryl methyl sites for hydroxylation is 2. The van der Waals surface area contributed by atoms with Crippen molar-refractivity contribution in [2.45, 2.75) is 183 Å². The van der Waals surface area contributed by atoms with E-state index in [2.05, 4.69) is 49.4 Å². The second-order valence-corrected chi connectivity index (χ2v) is 36.6. The minimum atomic E-state index is -4.00. The number of benzene rings is 4. The van der Waals surface area contributed by atoms with Crippen LogP contribution in [-0.2, 0) is 62.5 Å². The Morgan fingerprint density at radius 3 is 1.42 bits per heavy atom. The summed E-state index contributed by atoms with van der Waals surface area (Å²) in [5, 5.41) is 25.4. The van der Waals surface area contributed by atoms with Crippen molar-refractivity contribution in [3.8, 4) is 11.5 Å². The van der Waals surface area contributed by atoms with E-state index in [9.17, 15) is 42.0 Å². The number of aliphatic hydroxyl groups is 2. The van der Waals surface area contributed by atoms with Crippen LogP contribution in [0.2, 0.25) is 10.0 Å². The molecule has 0 aromatic heterocycles. The summed E-state index contributed by atoms with van der Waals surface area (Å²) < 4.78 is 70.2. The number of sulfonamides is 1. The van der Waals surface area contributed by atoms with Crippen LogP contribution in [0.4, 0.5) is 11.4 Å². The highest BCUT2D eigenvalue weighted by Crippen LogP contribution is 2.53. The first-order chi connectivity index (χ1) is 47.7. The van der Waals surface area contributed by atoms with Gasteiger partial charge in [0.1, 0.15) is 11.5 Å². The van der Waals surface area contributed by atoms with Crippen LogP contribution < -0.4 is 28.7 Å². The third-order valence-electron chi connectivity index (χ3n) is 25.1. The zero-order chi connectivity index (χ0) is 70.5. The zero-order valence-corrected chi connectivity index (χ0v) is 61.8. The highest BCUT2D eigenvalue weighted by Gasteiger charge is 2.53. The second-order valence-electron chi connectivity index (χ2n) is 31.3. The second kappa shape index (κ2) is 30.4. The average molecular weight is 1470 g/mol. The number of hydrogen-bond acceptors (Lipinski definition) is 15. The van der Waals surface area contributed by atoms with Crippen molar-refractivity contribution in [1.82, 2.24) is 19.2 Å². The van der Waals surface area contributed by atoms with E-state index >= 15 is 0 Å². The van der Waals surface area contributed by atoms with E-state index in [-0.39, 0.29) is 89.2 Å². The van der Waals surface area contributed by atoms with Crippen LogP contribution in [-0.4, -0.2) is 176 Å². The van der Waals surface area contributed by atoms with Gasteiger partial charge in [-0.3, -0.25) is 23.9 Å². The molecule has 4 aromatic carbocycles. The standard InChI is InChI=1S/C39H52ClN3O6S.C38H50ClN3O7S.CH4/c1-26-6-4-15-39(46,22-36(44)42-16-18-48-19-17-42)33-11-8-30(33)23-43-24-38(14-5-7-28-20-31(40)10-12-32(28)38)25-49-35-13-9-29(21-34(35)43)37(45)41-50(3,47)27(26)2;1-25-5-3-14-38(45,21-35(43)41-15-17-48-18-16-41)32-10-7-29(32)22-42-23-37(13-4-6-27-19-30(39)9-11-31(27)37)24-49-34-12-8-28(20-33(34)42)36(44)40-50(46,47)26(25)2;/h9-10,12-13,20-21,26-27,30,33,46H,3-8,11,14-19,22-25H2,1-2H3,(H,41,45,47);8-9,11-12,19-20,25-26,29,32,45H,3-7,10,13-18,21-24H2,1-2H3,(H,40,44);1H4/t26-,27+,30-,33+,38-,39-,50?;25-,26+,29-,32+,37-,38+;/m00./s1. The van der Waals surface area contributed by atoms with E-state index in [0.29, 0.717) is 153 Å². The molecule has 0 radical (unpaired) electrons. The Labute approximate surface area is 608 Å². The fourth-order valence-corrected chi connectivity index (χ4v) is 21.7. The number of morpholine rings is 2. The summed E-state index contributed by atoms with van der Waals surface area (Å²) in [6.07, 6.45) is 12.8. The van der Waals surface area contributed by atoms with Crippen molar-refractivity contribution in [3.63, 3.8) is 0 Å². The Kier molecular flexibility index (Phi) is 22.6. The van der Waals surface area contributed by atoms with E-state index in [1.807, 2.05) is 49.9 Å². The molecule has 101 heavy (non-hydrogen) atoms. The van der Waals surface area contributed by atoms with Crippen LogP contribution in [0.3, 0.4) is 0 Å². The number of carbonyl (C=O) groups excluding carboxylic acids is 4. The number of anilines is 2. The summed E-state index contributed by atoms with van der Waals surface area (Å²) in [4.78, 5) is 62.9. The fraction of sp³-hybridized carbons (Fsp3) is 0.628. The van der Waals surface area contributed by atoms with E-state index in [0.717, 1.165) is 80.6 Å². The number of rotatable bonds is 4. The molecular formula is C78H106Cl2N6O13S2. The van der Waals surface area contributed by atoms with Crippen molar-refractivity contribution >= 4 is 83.8 Å². The lowest BCUT2D eigenvalue weighted by Gasteiger charge is -2.50. The van der Waals surface area contributed by atoms with E-state index in [1.165, 1.54) is 22.3 Å². The number of nitrogens with zero attached hydrogens (tertiary/aromatic N) is 4. The third-order valence-corrected chi connectivity index (χ3v) is 29.7. The largest absolute Gasteiger partial charge is 0.490 e. The van der Waals surface area contributed by atoms with Crippen molar-refractivity contribution in [2.75, 3.05) is 102 Å². The zero-order valence-electron chi connectivity index (χ0n) is 58.6. The van der Waals surface area contributed by atoms with Gasteiger partial charge in [-0.05, 0) is 228 Å². The molecule has 2 spiro atoms. The Bertz CT molecular complexity index is 3710. The van der Waals surface area contributed by atoms with Crippen LogP contribution in [0.1, 0.15) is 181 Å². The lowest BCUT2D eigenvalue weighted by Crippen LogP contribution is -2.55. The van der Waals surface area contributed by atoms with Crippen molar-refractivity contribution in [3.05, 3.63) is 116 Å². The molecule has 2 saturated heterocycles. The summed E-state index contributed by atoms with van der Waals surface area (Å²) >= 11 is 12.9. The summed E-state index contributed by atoms with van der Waals surface area (Å²) in [6.45, 7) is 15.0. The summed E-state index contributed by atoms with van der Waals surface area (Å²) in [5.74, 6) is 3.99. The van der Waals surface area contributed by atoms with Crippen LogP contribution >= 0.6 is 23.2 Å². The maximum absolute atomic E-state index is 13.9. The molecule has 19 nitrogen and oxygen atoms in total. The summed E-state index contributed by atoms with van der Waals surface area (Å²) in [6, 6.07) is 23.0. The monoisotopic (exact) mass is 1470 g/mol. The number of ether oxygens (including phenoxy) is 4. The van der Waals surface area contributed by atoms with Crippen LogP contribution in [0.15, 0.2) is 72.8 Å². The van der Waals surface area contributed by atoms with Gasteiger partial charge < -0.3 is 48.8 Å². The summed E-state index contributed by atoms with van der Waals surface area (Å²) in [7, 11) is -7.00. The van der Waals surface area contributed by atoms with E-state index in [4.69, 9.17) is 42.1 Å². The van der Waals surface area contributed by atoms with E-state index < -0.39 is 48.0 Å². The minimum absolute atomic E-state index is 0. The van der Waals surface area contributed by atoms with Gasteiger partial charge in [-0.2, -0.15) is 0 Å². The Morgan fingerprint density at radius 1 is 0.564 bits per heavy atom. The minimum Gasteiger partial charge on any atom is -0.490 e. The number of fused-ring (bicyclic) bond motifs is 8. The highest BCUT2D eigenvalue weighted by atomic mass is 35.5. The molecule has 23 heteroatoms. The van der Waals surface area contributed by atoms with Gasteiger partial charge in [0, 0.05) is 89.6 Å². The normalized spacial score (nSPS) is 33.5. The van der Waals surface area contributed by atoms with Gasteiger partial charge in [-0.15, -0.1) is 0 Å². The molecule has 13 atom stereocenters.